The summed E-state index contributed by atoms with van der Waals surface area (Å²) in [7, 11) is 4.10. The topological polar surface area (TPSA) is 20.3 Å². The average Bonchev–Trinajstić information content (AvgIpc) is 2.74. The summed E-state index contributed by atoms with van der Waals surface area (Å²) < 4.78 is 0. The zero-order valence-electron chi connectivity index (χ0n) is 13.8. The van der Waals surface area contributed by atoms with Crippen molar-refractivity contribution in [1.29, 1.82) is 0 Å². The summed E-state index contributed by atoms with van der Waals surface area (Å²) in [6.45, 7) is 3.17. The Morgan fingerprint density at radius 3 is 2.40 bits per heavy atom. The van der Waals surface area contributed by atoms with Gasteiger partial charge in [0.25, 0.3) is 0 Å². The van der Waals surface area contributed by atoms with Crippen LogP contribution in [0.15, 0.2) is 11.6 Å². The number of carbonyl (C=O) groups excluding carboxylic acids is 1. The van der Waals surface area contributed by atoms with Gasteiger partial charge in [0.2, 0.25) is 0 Å². The summed E-state index contributed by atoms with van der Waals surface area (Å²) in [5, 5.41) is 0. The third-order valence-electron chi connectivity index (χ3n) is 4.23. The van der Waals surface area contributed by atoms with E-state index in [2.05, 4.69) is 17.9 Å². The van der Waals surface area contributed by atoms with Gasteiger partial charge in [0, 0.05) is 12.5 Å². The van der Waals surface area contributed by atoms with Gasteiger partial charge in [0.05, 0.1) is 0 Å². The highest BCUT2D eigenvalue weighted by molar-refractivity contribution is 5.99. The highest BCUT2D eigenvalue weighted by atomic mass is 16.1. The molecule has 0 radical (unpaired) electrons. The van der Waals surface area contributed by atoms with Gasteiger partial charge >= 0.3 is 0 Å². The van der Waals surface area contributed by atoms with Crippen molar-refractivity contribution in [3.63, 3.8) is 0 Å². The summed E-state index contributed by atoms with van der Waals surface area (Å²) in [5.41, 5.74) is 1.11. The summed E-state index contributed by atoms with van der Waals surface area (Å²) in [5.74, 6) is 0.673. The van der Waals surface area contributed by atoms with E-state index in [0.717, 1.165) is 31.4 Å². The van der Waals surface area contributed by atoms with E-state index >= 15 is 0 Å². The first-order chi connectivity index (χ1) is 9.65. The van der Waals surface area contributed by atoms with Crippen LogP contribution in [0.3, 0.4) is 0 Å². The fourth-order valence-corrected chi connectivity index (χ4v) is 3.04. The first-order valence-corrected chi connectivity index (χ1v) is 8.53. The normalized spacial score (nSPS) is 21.3. The second-order valence-electron chi connectivity index (χ2n) is 6.50. The molecule has 0 bridgehead atoms. The van der Waals surface area contributed by atoms with E-state index in [1.54, 1.807) is 0 Å². The maximum atomic E-state index is 12.2. The van der Waals surface area contributed by atoms with E-state index < -0.39 is 0 Å². The Morgan fingerprint density at radius 2 is 1.75 bits per heavy atom. The Balaban J connectivity index is 2.12. The molecule has 1 fully saturated rings. The minimum absolute atomic E-state index is 0.255. The second-order valence-corrected chi connectivity index (χ2v) is 6.50. The molecule has 1 rings (SSSR count). The molecule has 0 saturated heterocycles. The molecule has 2 nitrogen and oxygen atoms in total. The molecular weight excluding hydrogens is 246 g/mol. The number of Topliss-reactive ketones (excluding diaryl/α,β-unsaturated/α-hetero) is 1. The van der Waals surface area contributed by atoms with Crippen molar-refractivity contribution in [2.45, 2.75) is 71.1 Å². The van der Waals surface area contributed by atoms with Crippen LogP contribution in [0.4, 0.5) is 0 Å². The largest absolute Gasteiger partial charge is 0.309 e. The van der Waals surface area contributed by atoms with Crippen LogP contribution in [0.2, 0.25) is 0 Å². The second kappa shape index (κ2) is 10.1. The summed E-state index contributed by atoms with van der Waals surface area (Å²) in [6.07, 6.45) is 14.8. The third kappa shape index (κ3) is 6.69. The first kappa shape index (κ1) is 17.4. The third-order valence-corrected chi connectivity index (χ3v) is 4.23. The van der Waals surface area contributed by atoms with Gasteiger partial charge in [-0.2, -0.15) is 0 Å². The maximum Gasteiger partial charge on any atom is 0.162 e. The van der Waals surface area contributed by atoms with Crippen LogP contribution in [0.5, 0.6) is 0 Å². The van der Waals surface area contributed by atoms with Crippen LogP contribution in [-0.4, -0.2) is 31.3 Å². The summed E-state index contributed by atoms with van der Waals surface area (Å²) >= 11 is 0. The SMILES string of the molecule is CCCCCCCCC/C=C1/CC[C@H](CN(C)C)C1=O. The zero-order valence-corrected chi connectivity index (χ0v) is 13.8. The van der Waals surface area contributed by atoms with E-state index in [0.29, 0.717) is 5.78 Å². The Morgan fingerprint density at radius 1 is 1.10 bits per heavy atom. The predicted molar refractivity (Wildman–Crippen MR) is 87.0 cm³/mol. The van der Waals surface area contributed by atoms with Crippen LogP contribution in [0.1, 0.15) is 71.1 Å². The molecule has 1 saturated carbocycles. The smallest absolute Gasteiger partial charge is 0.162 e. The van der Waals surface area contributed by atoms with Gasteiger partial charge in [-0.05, 0) is 45.4 Å². The van der Waals surface area contributed by atoms with Crippen LogP contribution in [0.25, 0.3) is 0 Å². The van der Waals surface area contributed by atoms with Gasteiger partial charge in [-0.3, -0.25) is 4.79 Å². The van der Waals surface area contributed by atoms with E-state index in [-0.39, 0.29) is 5.92 Å². The number of nitrogens with zero attached hydrogens (tertiary/aromatic N) is 1. The lowest BCUT2D eigenvalue weighted by molar-refractivity contribution is -0.118. The minimum atomic E-state index is 0.255. The van der Waals surface area contributed by atoms with Gasteiger partial charge in [0.1, 0.15) is 0 Å². The highest BCUT2D eigenvalue weighted by Crippen LogP contribution is 2.27. The molecule has 0 aromatic heterocycles. The van der Waals surface area contributed by atoms with Crippen molar-refractivity contribution < 1.29 is 4.79 Å². The molecule has 0 aliphatic heterocycles. The van der Waals surface area contributed by atoms with E-state index in [9.17, 15) is 4.79 Å². The summed E-state index contributed by atoms with van der Waals surface area (Å²) in [4.78, 5) is 14.3. The number of allylic oxidation sites excluding steroid dienone is 2. The van der Waals surface area contributed by atoms with E-state index in [1.807, 2.05) is 14.1 Å². The van der Waals surface area contributed by atoms with Gasteiger partial charge in [-0.1, -0.05) is 51.5 Å². The molecule has 20 heavy (non-hydrogen) atoms. The number of carbonyl (C=O) groups is 1. The fourth-order valence-electron chi connectivity index (χ4n) is 3.04. The predicted octanol–water partition coefficient (Wildman–Crippen LogP) is 4.59. The zero-order chi connectivity index (χ0) is 14.8. The molecule has 1 aliphatic rings. The van der Waals surface area contributed by atoms with Gasteiger partial charge in [-0.25, -0.2) is 0 Å². The molecule has 0 N–H and O–H groups in total. The van der Waals surface area contributed by atoms with E-state index in [1.165, 1.54) is 44.9 Å². The molecule has 0 heterocycles. The molecule has 116 valence electrons. The van der Waals surface area contributed by atoms with E-state index in [4.69, 9.17) is 0 Å². The van der Waals surface area contributed by atoms with Crippen molar-refractivity contribution in [1.82, 2.24) is 4.90 Å². The maximum absolute atomic E-state index is 12.2. The van der Waals surface area contributed by atoms with Crippen LogP contribution in [0, 0.1) is 5.92 Å². The van der Waals surface area contributed by atoms with Crippen LogP contribution in [-0.2, 0) is 4.79 Å². The lowest BCUT2D eigenvalue weighted by Gasteiger charge is -2.13. The molecule has 0 unspecified atom stereocenters. The number of hydrogen-bond acceptors (Lipinski definition) is 2. The van der Waals surface area contributed by atoms with Gasteiger partial charge in [-0.15, -0.1) is 0 Å². The number of ketones is 1. The van der Waals surface area contributed by atoms with Crippen molar-refractivity contribution in [3.8, 4) is 0 Å². The molecule has 0 spiro atoms. The lowest BCUT2D eigenvalue weighted by Crippen LogP contribution is -2.24. The Bertz CT molecular complexity index is 307. The average molecular weight is 279 g/mol. The standard InChI is InChI=1S/C18H33NO/c1-4-5-6-7-8-9-10-11-12-16-13-14-17(18(16)20)15-19(2)3/h12,17H,4-11,13-15H2,1-3H3/b16-12-/t17-/m1/s1. The molecular formula is C18H33NO. The quantitative estimate of drug-likeness (QED) is 0.430. The Labute approximate surface area is 125 Å². The summed E-state index contributed by atoms with van der Waals surface area (Å²) in [6, 6.07) is 0. The fraction of sp³-hybridized carbons (Fsp3) is 0.833. The van der Waals surface area contributed by atoms with Crippen LogP contribution >= 0.6 is 0 Å². The van der Waals surface area contributed by atoms with Crippen LogP contribution < -0.4 is 0 Å². The number of rotatable bonds is 10. The Kier molecular flexibility index (Phi) is 8.84. The lowest BCUT2D eigenvalue weighted by atomic mass is 10.0. The molecule has 1 aliphatic carbocycles. The minimum Gasteiger partial charge on any atom is -0.309 e. The van der Waals surface area contributed by atoms with Crippen molar-refractivity contribution in [2.24, 2.45) is 5.92 Å². The molecule has 0 amide bonds. The Hall–Kier alpha value is -0.630. The van der Waals surface area contributed by atoms with Gasteiger partial charge < -0.3 is 4.90 Å². The molecule has 2 heteroatoms. The van der Waals surface area contributed by atoms with Gasteiger partial charge in [0.15, 0.2) is 5.78 Å². The van der Waals surface area contributed by atoms with Crippen molar-refractivity contribution in [2.75, 3.05) is 20.6 Å². The first-order valence-electron chi connectivity index (χ1n) is 8.53. The number of unbranched alkanes of at least 4 members (excludes halogenated alkanes) is 7. The van der Waals surface area contributed by atoms with Crippen molar-refractivity contribution >= 4 is 5.78 Å². The molecule has 0 aromatic rings. The molecule has 1 atom stereocenters. The monoisotopic (exact) mass is 279 g/mol. The van der Waals surface area contributed by atoms with Crippen molar-refractivity contribution in [3.05, 3.63) is 11.6 Å². The highest BCUT2D eigenvalue weighted by Gasteiger charge is 2.28. The number of hydrogen-bond donors (Lipinski definition) is 0. The molecule has 0 aromatic carbocycles.